The van der Waals surface area contributed by atoms with Crippen LogP contribution < -0.4 is 23.7 Å². The topological polar surface area (TPSA) is 104 Å². The predicted molar refractivity (Wildman–Crippen MR) is 153 cm³/mol. The SMILES string of the molecule is COc1ccc(Cc2c(O)c(Cc3ccc(OC)cc3)c3c(c2O)C(=O)CC(c2ccc(OC)c(OC)c2)O3)cc1. The molecule has 8 nitrogen and oxygen atoms in total. The zero-order valence-electron chi connectivity index (χ0n) is 23.4. The summed E-state index contributed by atoms with van der Waals surface area (Å²) in [6.45, 7) is 0. The first-order valence-electron chi connectivity index (χ1n) is 13.1. The van der Waals surface area contributed by atoms with Crippen molar-refractivity contribution in [2.75, 3.05) is 28.4 Å². The van der Waals surface area contributed by atoms with E-state index in [0.29, 0.717) is 34.1 Å². The highest BCUT2D eigenvalue weighted by atomic mass is 16.5. The van der Waals surface area contributed by atoms with E-state index in [-0.39, 0.29) is 53.4 Å². The van der Waals surface area contributed by atoms with E-state index >= 15 is 0 Å². The van der Waals surface area contributed by atoms with E-state index in [1.54, 1.807) is 33.5 Å². The number of phenols is 2. The number of aromatic hydroxyl groups is 2. The fourth-order valence-electron chi connectivity index (χ4n) is 5.12. The molecular weight excluding hydrogens is 524 g/mol. The average Bonchev–Trinajstić information content (AvgIpc) is 3.01. The van der Waals surface area contributed by atoms with Gasteiger partial charge in [-0.25, -0.2) is 0 Å². The van der Waals surface area contributed by atoms with E-state index in [4.69, 9.17) is 23.7 Å². The maximum absolute atomic E-state index is 13.6. The fraction of sp³-hybridized carbons (Fsp3) is 0.242. The minimum absolute atomic E-state index is 0.00473. The third-order valence-corrected chi connectivity index (χ3v) is 7.36. The van der Waals surface area contributed by atoms with Crippen molar-refractivity contribution >= 4 is 5.78 Å². The number of fused-ring (bicyclic) bond motifs is 1. The lowest BCUT2D eigenvalue weighted by Crippen LogP contribution is -2.22. The summed E-state index contributed by atoms with van der Waals surface area (Å²) in [5.74, 6) is 1.95. The van der Waals surface area contributed by atoms with Crippen LogP contribution in [0.15, 0.2) is 66.7 Å². The van der Waals surface area contributed by atoms with Gasteiger partial charge in [0.15, 0.2) is 17.3 Å². The molecule has 0 saturated carbocycles. The van der Waals surface area contributed by atoms with Gasteiger partial charge in [0.05, 0.1) is 34.9 Å². The first kappa shape index (κ1) is 27.7. The standard InChI is InChI=1S/C33H32O8/c1-37-22-10-5-19(6-11-22)15-24-31(35)25(16-20-7-12-23(38-2)13-8-20)33-30(32(24)36)26(34)18-28(41-33)21-9-14-27(39-3)29(17-21)40-4/h5-14,17,28,35-36H,15-16,18H2,1-4H3. The molecule has 4 aromatic carbocycles. The molecule has 1 atom stereocenters. The lowest BCUT2D eigenvalue weighted by molar-refractivity contribution is 0.0841. The lowest BCUT2D eigenvalue weighted by atomic mass is 9.87. The molecule has 0 aliphatic carbocycles. The molecule has 0 fully saturated rings. The minimum Gasteiger partial charge on any atom is -0.507 e. The Morgan fingerprint density at radius 3 is 1.80 bits per heavy atom. The van der Waals surface area contributed by atoms with Gasteiger partial charge in [-0.05, 0) is 53.1 Å². The zero-order chi connectivity index (χ0) is 29.1. The Morgan fingerprint density at radius 1 is 0.707 bits per heavy atom. The molecule has 1 aliphatic heterocycles. The van der Waals surface area contributed by atoms with Gasteiger partial charge in [-0.2, -0.15) is 0 Å². The van der Waals surface area contributed by atoms with Gasteiger partial charge in [-0.3, -0.25) is 4.79 Å². The van der Waals surface area contributed by atoms with Gasteiger partial charge in [0, 0.05) is 24.0 Å². The van der Waals surface area contributed by atoms with Gasteiger partial charge in [0.25, 0.3) is 0 Å². The Balaban J connectivity index is 1.61. The Bertz CT molecular complexity index is 1560. The predicted octanol–water partition coefficient (Wildman–Crippen LogP) is 6.02. The Labute approximate surface area is 238 Å². The number of rotatable bonds is 9. The van der Waals surface area contributed by atoms with Crippen molar-refractivity contribution in [3.05, 3.63) is 100 Å². The van der Waals surface area contributed by atoms with Crippen molar-refractivity contribution in [2.45, 2.75) is 25.4 Å². The van der Waals surface area contributed by atoms with E-state index in [9.17, 15) is 15.0 Å². The summed E-state index contributed by atoms with van der Waals surface area (Å²) in [6, 6.07) is 20.1. The number of carbonyl (C=O) groups is 1. The Hall–Kier alpha value is -4.85. The molecule has 5 rings (SSSR count). The first-order valence-corrected chi connectivity index (χ1v) is 13.1. The maximum atomic E-state index is 13.6. The summed E-state index contributed by atoms with van der Waals surface area (Å²) in [7, 11) is 6.27. The van der Waals surface area contributed by atoms with E-state index in [2.05, 4.69) is 0 Å². The third-order valence-electron chi connectivity index (χ3n) is 7.36. The van der Waals surface area contributed by atoms with Crippen LogP contribution in [-0.4, -0.2) is 44.4 Å². The van der Waals surface area contributed by atoms with Crippen molar-refractivity contribution in [1.29, 1.82) is 0 Å². The van der Waals surface area contributed by atoms with E-state index in [0.717, 1.165) is 11.1 Å². The summed E-state index contributed by atoms with van der Waals surface area (Å²) >= 11 is 0. The van der Waals surface area contributed by atoms with Crippen LogP contribution in [0.2, 0.25) is 0 Å². The number of benzene rings is 4. The van der Waals surface area contributed by atoms with Crippen LogP contribution in [-0.2, 0) is 12.8 Å². The summed E-state index contributed by atoms with van der Waals surface area (Å²) in [5, 5.41) is 23.0. The molecule has 0 spiro atoms. The summed E-state index contributed by atoms with van der Waals surface area (Å²) in [5.41, 5.74) is 3.17. The quantitative estimate of drug-likeness (QED) is 0.258. The van der Waals surface area contributed by atoms with Gasteiger partial charge in [-0.1, -0.05) is 30.3 Å². The van der Waals surface area contributed by atoms with Crippen LogP contribution >= 0.6 is 0 Å². The number of methoxy groups -OCH3 is 4. The van der Waals surface area contributed by atoms with Crippen molar-refractivity contribution in [1.82, 2.24) is 0 Å². The summed E-state index contributed by atoms with van der Waals surface area (Å²) in [4.78, 5) is 13.6. The second-order valence-corrected chi connectivity index (χ2v) is 9.76. The molecule has 1 unspecified atom stereocenters. The van der Waals surface area contributed by atoms with Crippen LogP contribution in [0.25, 0.3) is 0 Å². The molecule has 0 radical (unpaired) electrons. The molecular formula is C33H32O8. The lowest BCUT2D eigenvalue weighted by Gasteiger charge is -2.30. The van der Waals surface area contributed by atoms with Gasteiger partial charge >= 0.3 is 0 Å². The molecule has 0 bridgehead atoms. The number of hydrogen-bond donors (Lipinski definition) is 2. The third kappa shape index (κ3) is 5.45. The minimum atomic E-state index is -0.657. The first-order chi connectivity index (χ1) is 19.9. The smallest absolute Gasteiger partial charge is 0.174 e. The molecule has 2 N–H and O–H groups in total. The normalized spacial score (nSPS) is 14.1. The molecule has 1 aliphatic rings. The summed E-state index contributed by atoms with van der Waals surface area (Å²) < 4.78 is 27.8. The molecule has 8 heteroatoms. The van der Waals surface area contributed by atoms with Gasteiger partial charge in [0.1, 0.15) is 40.4 Å². The highest BCUT2D eigenvalue weighted by Gasteiger charge is 2.36. The van der Waals surface area contributed by atoms with Gasteiger partial charge in [0.2, 0.25) is 0 Å². The number of carbonyl (C=O) groups excluding carboxylic acids is 1. The van der Waals surface area contributed by atoms with Gasteiger partial charge in [-0.15, -0.1) is 0 Å². The molecule has 4 aromatic rings. The number of phenolic OH excluding ortho intramolecular Hbond substituents is 2. The van der Waals surface area contributed by atoms with Crippen LogP contribution in [0.3, 0.4) is 0 Å². The van der Waals surface area contributed by atoms with Crippen LogP contribution in [0.1, 0.15) is 50.7 Å². The summed E-state index contributed by atoms with van der Waals surface area (Å²) in [6.07, 6.45) is -0.183. The van der Waals surface area contributed by atoms with Crippen molar-refractivity contribution < 1.29 is 38.7 Å². The second kappa shape index (κ2) is 11.7. The molecule has 41 heavy (non-hydrogen) atoms. The fourth-order valence-corrected chi connectivity index (χ4v) is 5.12. The van der Waals surface area contributed by atoms with Crippen LogP contribution in [0, 0.1) is 0 Å². The number of ether oxygens (including phenoxy) is 5. The van der Waals surface area contributed by atoms with Gasteiger partial charge < -0.3 is 33.9 Å². The largest absolute Gasteiger partial charge is 0.507 e. The van der Waals surface area contributed by atoms with Crippen LogP contribution in [0.4, 0.5) is 0 Å². The molecule has 1 heterocycles. The molecule has 212 valence electrons. The number of hydrogen-bond acceptors (Lipinski definition) is 8. The Kier molecular flexibility index (Phi) is 7.92. The highest BCUT2D eigenvalue weighted by Crippen LogP contribution is 2.49. The maximum Gasteiger partial charge on any atom is 0.174 e. The van der Waals surface area contributed by atoms with E-state index < -0.39 is 6.10 Å². The Morgan fingerprint density at radius 2 is 1.27 bits per heavy atom. The van der Waals surface area contributed by atoms with Crippen molar-refractivity contribution in [2.24, 2.45) is 0 Å². The van der Waals surface area contributed by atoms with E-state index in [1.165, 1.54) is 7.11 Å². The van der Waals surface area contributed by atoms with E-state index in [1.807, 2.05) is 54.6 Å². The average molecular weight is 557 g/mol. The molecule has 0 aromatic heterocycles. The molecule has 0 amide bonds. The highest BCUT2D eigenvalue weighted by molar-refractivity contribution is 6.04. The van der Waals surface area contributed by atoms with Crippen LogP contribution in [0.5, 0.6) is 40.2 Å². The number of ketones is 1. The molecule has 0 saturated heterocycles. The van der Waals surface area contributed by atoms with Crippen molar-refractivity contribution in [3.63, 3.8) is 0 Å². The second-order valence-electron chi connectivity index (χ2n) is 9.76. The monoisotopic (exact) mass is 556 g/mol. The zero-order valence-corrected chi connectivity index (χ0v) is 23.4. The number of Topliss-reactive ketones (excluding diaryl/α,β-unsaturated/α-hetero) is 1. The van der Waals surface area contributed by atoms with Crippen molar-refractivity contribution in [3.8, 4) is 40.2 Å².